The number of likely N-dealkylation sites (N-methyl/N-ethyl adjacent to an activating group) is 1. The number of nitrogens with zero attached hydrogens (tertiary/aromatic N) is 4. The van der Waals surface area contributed by atoms with Gasteiger partial charge >= 0.3 is 0 Å². The van der Waals surface area contributed by atoms with Crippen LogP contribution < -0.4 is 5.56 Å². The molecule has 6 nitrogen and oxygen atoms in total. The Labute approximate surface area is 145 Å². The summed E-state index contributed by atoms with van der Waals surface area (Å²) in [7, 11) is 1.60. The fraction of sp³-hybridized carbons (Fsp3) is 0.333. The number of amides is 1. The summed E-state index contributed by atoms with van der Waals surface area (Å²) in [5, 5.41) is 13.2. The van der Waals surface area contributed by atoms with Gasteiger partial charge in [-0.25, -0.2) is 9.07 Å². The summed E-state index contributed by atoms with van der Waals surface area (Å²) in [6.45, 7) is 4.87. The molecular formula is C18H19FN4O2. The van der Waals surface area contributed by atoms with Gasteiger partial charge in [0.1, 0.15) is 24.0 Å². The van der Waals surface area contributed by atoms with E-state index in [0.29, 0.717) is 11.3 Å². The van der Waals surface area contributed by atoms with Crippen molar-refractivity contribution in [2.45, 2.75) is 33.4 Å². The lowest BCUT2D eigenvalue weighted by Crippen LogP contribution is -2.37. The SMILES string of the molecule is Cc1nn(CC(=O)N(C)C(C)c2ccc(F)cc2)c(=O)c(C#N)c1C. The number of aryl methyl sites for hydroxylation is 1. The molecule has 0 aliphatic rings. The summed E-state index contributed by atoms with van der Waals surface area (Å²) in [4.78, 5) is 26.2. The maximum atomic E-state index is 13.0. The minimum Gasteiger partial charge on any atom is -0.337 e. The van der Waals surface area contributed by atoms with Gasteiger partial charge in [0, 0.05) is 7.05 Å². The Kier molecular flexibility index (Phi) is 5.32. The number of halogens is 1. The second kappa shape index (κ2) is 7.26. The topological polar surface area (TPSA) is 79.0 Å². The molecule has 1 atom stereocenters. The summed E-state index contributed by atoms with van der Waals surface area (Å²) in [6.07, 6.45) is 0. The first kappa shape index (κ1) is 18.3. The van der Waals surface area contributed by atoms with Gasteiger partial charge in [-0.05, 0) is 44.0 Å². The van der Waals surface area contributed by atoms with Gasteiger partial charge in [0.2, 0.25) is 5.91 Å². The molecule has 0 saturated carbocycles. The van der Waals surface area contributed by atoms with Gasteiger partial charge in [0.05, 0.1) is 11.7 Å². The van der Waals surface area contributed by atoms with Crippen LogP contribution >= 0.6 is 0 Å². The number of nitriles is 1. The summed E-state index contributed by atoms with van der Waals surface area (Å²) in [5.74, 6) is -0.682. The predicted molar refractivity (Wildman–Crippen MR) is 90.3 cm³/mol. The molecule has 0 aliphatic carbocycles. The van der Waals surface area contributed by atoms with Crippen molar-refractivity contribution in [3.8, 4) is 6.07 Å². The van der Waals surface area contributed by atoms with Crippen LogP contribution in [-0.4, -0.2) is 27.6 Å². The maximum absolute atomic E-state index is 13.0. The fourth-order valence-corrected chi connectivity index (χ4v) is 2.43. The second-order valence-corrected chi connectivity index (χ2v) is 5.89. The molecule has 1 amide bonds. The van der Waals surface area contributed by atoms with Crippen LogP contribution in [0.2, 0.25) is 0 Å². The normalized spacial score (nSPS) is 11.7. The van der Waals surface area contributed by atoms with Crippen molar-refractivity contribution in [3.63, 3.8) is 0 Å². The van der Waals surface area contributed by atoms with Gasteiger partial charge in [0.25, 0.3) is 5.56 Å². The number of hydrogen-bond acceptors (Lipinski definition) is 4. The van der Waals surface area contributed by atoms with Crippen molar-refractivity contribution in [2.75, 3.05) is 7.05 Å². The molecule has 130 valence electrons. The monoisotopic (exact) mass is 342 g/mol. The highest BCUT2D eigenvalue weighted by Gasteiger charge is 2.20. The molecule has 0 saturated heterocycles. The Bertz CT molecular complexity index is 897. The van der Waals surface area contributed by atoms with Crippen LogP contribution in [0.15, 0.2) is 29.1 Å². The molecule has 7 heteroatoms. The Balaban J connectivity index is 2.25. The Hall–Kier alpha value is -3.01. The Morgan fingerprint density at radius 1 is 1.36 bits per heavy atom. The van der Waals surface area contributed by atoms with Crippen LogP contribution in [0.3, 0.4) is 0 Å². The average Bonchev–Trinajstić information content (AvgIpc) is 2.59. The highest BCUT2D eigenvalue weighted by atomic mass is 19.1. The van der Waals surface area contributed by atoms with Crippen LogP contribution in [0.25, 0.3) is 0 Å². The van der Waals surface area contributed by atoms with E-state index in [2.05, 4.69) is 5.10 Å². The lowest BCUT2D eigenvalue weighted by atomic mass is 10.1. The van der Waals surface area contributed by atoms with E-state index < -0.39 is 5.56 Å². The van der Waals surface area contributed by atoms with Gasteiger partial charge in [-0.1, -0.05) is 12.1 Å². The zero-order valence-electron chi connectivity index (χ0n) is 14.6. The van der Waals surface area contributed by atoms with E-state index in [9.17, 15) is 14.0 Å². The van der Waals surface area contributed by atoms with Gasteiger partial charge in [-0.15, -0.1) is 0 Å². The summed E-state index contributed by atoms with van der Waals surface area (Å²) in [6, 6.07) is 7.45. The minimum absolute atomic E-state index is 0.00506. The number of hydrogen-bond donors (Lipinski definition) is 0. The molecule has 1 heterocycles. The Morgan fingerprint density at radius 3 is 2.52 bits per heavy atom. The van der Waals surface area contributed by atoms with E-state index in [-0.39, 0.29) is 29.9 Å². The molecule has 0 bridgehead atoms. The van der Waals surface area contributed by atoms with Crippen LogP contribution in [0.5, 0.6) is 0 Å². The lowest BCUT2D eigenvalue weighted by molar-refractivity contribution is -0.132. The van der Waals surface area contributed by atoms with E-state index >= 15 is 0 Å². The third-order valence-electron chi connectivity index (χ3n) is 4.36. The molecule has 0 N–H and O–H groups in total. The van der Waals surface area contributed by atoms with E-state index in [1.807, 2.05) is 13.0 Å². The Morgan fingerprint density at radius 2 is 1.96 bits per heavy atom. The van der Waals surface area contributed by atoms with Crippen molar-refractivity contribution in [1.29, 1.82) is 5.26 Å². The van der Waals surface area contributed by atoms with Crippen molar-refractivity contribution in [1.82, 2.24) is 14.7 Å². The number of benzene rings is 1. The molecule has 0 fully saturated rings. The quantitative estimate of drug-likeness (QED) is 0.852. The van der Waals surface area contributed by atoms with Crippen molar-refractivity contribution >= 4 is 5.91 Å². The molecule has 1 aromatic carbocycles. The van der Waals surface area contributed by atoms with Crippen molar-refractivity contribution in [2.24, 2.45) is 0 Å². The standard InChI is InChI=1S/C18H19FN4O2/c1-11-12(2)21-23(18(25)16(11)9-20)10-17(24)22(4)13(3)14-5-7-15(19)8-6-14/h5-8,13H,10H2,1-4H3. The summed E-state index contributed by atoms with van der Waals surface area (Å²) in [5.41, 5.74) is 1.23. The average molecular weight is 342 g/mol. The van der Waals surface area contributed by atoms with Gasteiger partial charge < -0.3 is 4.90 Å². The molecule has 2 rings (SSSR count). The number of carbonyl (C=O) groups is 1. The van der Waals surface area contributed by atoms with Crippen molar-refractivity contribution in [3.05, 3.63) is 62.8 Å². The highest BCUT2D eigenvalue weighted by molar-refractivity contribution is 5.76. The number of rotatable bonds is 4. The van der Waals surface area contributed by atoms with Crippen LogP contribution in [0, 0.1) is 31.0 Å². The highest BCUT2D eigenvalue weighted by Crippen LogP contribution is 2.19. The zero-order valence-corrected chi connectivity index (χ0v) is 14.6. The lowest BCUT2D eigenvalue weighted by Gasteiger charge is -2.25. The molecule has 25 heavy (non-hydrogen) atoms. The summed E-state index contributed by atoms with van der Waals surface area (Å²) < 4.78 is 14.0. The van der Waals surface area contributed by atoms with Gasteiger partial charge in [-0.3, -0.25) is 9.59 Å². The first-order valence-corrected chi connectivity index (χ1v) is 7.75. The van der Waals surface area contributed by atoms with Crippen LogP contribution in [0.4, 0.5) is 4.39 Å². The molecule has 0 radical (unpaired) electrons. The molecule has 1 unspecified atom stereocenters. The van der Waals surface area contributed by atoms with Gasteiger partial charge in [0.15, 0.2) is 0 Å². The smallest absolute Gasteiger partial charge is 0.285 e. The number of aromatic nitrogens is 2. The van der Waals surface area contributed by atoms with E-state index in [1.165, 1.54) is 17.0 Å². The first-order chi connectivity index (χ1) is 11.8. The third kappa shape index (κ3) is 3.74. The maximum Gasteiger partial charge on any atom is 0.285 e. The molecule has 0 aliphatic heterocycles. The molecular weight excluding hydrogens is 323 g/mol. The minimum atomic E-state index is -0.582. The third-order valence-corrected chi connectivity index (χ3v) is 4.36. The second-order valence-electron chi connectivity index (χ2n) is 5.89. The van der Waals surface area contributed by atoms with E-state index in [4.69, 9.17) is 5.26 Å². The zero-order chi connectivity index (χ0) is 18.7. The molecule has 1 aromatic heterocycles. The summed E-state index contributed by atoms with van der Waals surface area (Å²) >= 11 is 0. The largest absolute Gasteiger partial charge is 0.337 e. The first-order valence-electron chi connectivity index (χ1n) is 7.75. The van der Waals surface area contributed by atoms with E-state index in [0.717, 1.165) is 10.2 Å². The number of carbonyl (C=O) groups excluding carboxylic acids is 1. The van der Waals surface area contributed by atoms with E-state index in [1.54, 1.807) is 33.0 Å². The molecule has 2 aromatic rings. The molecule has 0 spiro atoms. The fourth-order valence-electron chi connectivity index (χ4n) is 2.43. The van der Waals surface area contributed by atoms with Crippen molar-refractivity contribution < 1.29 is 9.18 Å². The van der Waals surface area contributed by atoms with Gasteiger partial charge in [-0.2, -0.15) is 10.4 Å². The van der Waals surface area contributed by atoms with Crippen LogP contribution in [0.1, 0.15) is 35.3 Å². The van der Waals surface area contributed by atoms with Crippen LogP contribution in [-0.2, 0) is 11.3 Å². The predicted octanol–water partition coefficient (Wildman–Crippen LogP) is 2.09.